The van der Waals surface area contributed by atoms with E-state index in [1.54, 1.807) is 11.3 Å². The Hall–Kier alpha value is -2.67. The molecule has 26 heavy (non-hydrogen) atoms. The average molecular weight is 367 g/mol. The molecule has 0 fully saturated rings. The molecule has 1 aromatic carbocycles. The number of aromatic nitrogens is 3. The molecule has 0 radical (unpaired) electrons. The zero-order valence-electron chi connectivity index (χ0n) is 14.9. The van der Waals surface area contributed by atoms with Gasteiger partial charge in [0.15, 0.2) is 0 Å². The van der Waals surface area contributed by atoms with Crippen LogP contribution in [0.1, 0.15) is 29.0 Å². The molecule has 0 bridgehead atoms. The van der Waals surface area contributed by atoms with Gasteiger partial charge >= 0.3 is 0 Å². The van der Waals surface area contributed by atoms with Crippen molar-refractivity contribution in [1.29, 1.82) is 0 Å². The van der Waals surface area contributed by atoms with Gasteiger partial charge in [-0.2, -0.15) is 10.1 Å². The van der Waals surface area contributed by atoms with Crippen molar-refractivity contribution in [3.05, 3.63) is 58.0 Å². The summed E-state index contributed by atoms with van der Waals surface area (Å²) < 4.78 is 1.82. The van der Waals surface area contributed by atoms with E-state index in [-0.39, 0.29) is 23.9 Å². The minimum Gasteiger partial charge on any atom is -0.351 e. The molecule has 1 aliphatic rings. The van der Waals surface area contributed by atoms with Crippen LogP contribution in [0.2, 0.25) is 0 Å². The number of nitrogens with one attached hydrogen (secondary N) is 2. The van der Waals surface area contributed by atoms with Crippen LogP contribution in [0.3, 0.4) is 0 Å². The summed E-state index contributed by atoms with van der Waals surface area (Å²) >= 11 is 1.63. The fourth-order valence-corrected chi connectivity index (χ4v) is 4.43. The van der Waals surface area contributed by atoms with Crippen molar-refractivity contribution < 1.29 is 4.79 Å². The molecule has 3 heterocycles. The van der Waals surface area contributed by atoms with E-state index in [9.17, 15) is 4.79 Å². The van der Waals surface area contributed by atoms with E-state index < -0.39 is 0 Å². The Morgan fingerprint density at radius 3 is 2.88 bits per heavy atom. The summed E-state index contributed by atoms with van der Waals surface area (Å²) in [5, 5.41) is 12.8. The number of aryl methyl sites for hydroxylation is 2. The number of benzene rings is 1. The minimum absolute atomic E-state index is 0.0171. The first kappa shape index (κ1) is 16.8. The second kappa shape index (κ2) is 6.57. The molecule has 4 rings (SSSR count). The fraction of sp³-hybridized carbons (Fsp3) is 0.316. The Morgan fingerprint density at radius 2 is 2.15 bits per heavy atom. The predicted molar refractivity (Wildman–Crippen MR) is 104 cm³/mol. The molecule has 1 amide bonds. The van der Waals surface area contributed by atoms with Gasteiger partial charge in [0.25, 0.3) is 0 Å². The van der Waals surface area contributed by atoms with Gasteiger partial charge < -0.3 is 10.6 Å². The van der Waals surface area contributed by atoms with Crippen LogP contribution in [0.5, 0.6) is 0 Å². The van der Waals surface area contributed by atoms with Crippen molar-refractivity contribution >= 4 is 28.9 Å². The van der Waals surface area contributed by atoms with Crippen LogP contribution in [0.4, 0.5) is 11.6 Å². The number of anilines is 2. The van der Waals surface area contributed by atoms with E-state index in [1.165, 1.54) is 11.9 Å². The number of amides is 1. The number of fused-ring (bicyclic) bond motifs is 1. The van der Waals surface area contributed by atoms with Crippen molar-refractivity contribution in [3.8, 4) is 0 Å². The van der Waals surface area contributed by atoms with Gasteiger partial charge in [0.05, 0.1) is 5.92 Å². The van der Waals surface area contributed by atoms with E-state index in [1.807, 2.05) is 49.0 Å². The molecule has 2 N–H and O–H groups in total. The van der Waals surface area contributed by atoms with Gasteiger partial charge in [-0.05, 0) is 43.8 Å². The molecule has 3 aromatic rings. The highest BCUT2D eigenvalue weighted by Gasteiger charge is 2.41. The first-order valence-corrected chi connectivity index (χ1v) is 9.50. The summed E-state index contributed by atoms with van der Waals surface area (Å²) in [5.41, 5.74) is 3.09. The summed E-state index contributed by atoms with van der Waals surface area (Å²) in [7, 11) is 0. The third-order valence-corrected chi connectivity index (χ3v) is 5.79. The van der Waals surface area contributed by atoms with Crippen molar-refractivity contribution in [2.75, 3.05) is 10.6 Å². The first-order valence-electron chi connectivity index (χ1n) is 8.62. The number of carbonyl (C=O) groups is 1. The zero-order chi connectivity index (χ0) is 18.3. The SMILES string of the molecule is Cc1ccc(NC(=O)[C@@H]2[C@@H](c3cccs3)n3ncnc3N[C@@H]2C)c(C)c1. The van der Waals surface area contributed by atoms with Crippen molar-refractivity contribution in [1.82, 2.24) is 14.8 Å². The number of hydrogen-bond donors (Lipinski definition) is 2. The average Bonchev–Trinajstić information content (AvgIpc) is 3.27. The van der Waals surface area contributed by atoms with E-state index in [0.29, 0.717) is 5.95 Å². The van der Waals surface area contributed by atoms with Gasteiger partial charge in [-0.15, -0.1) is 11.3 Å². The third-order valence-electron chi connectivity index (χ3n) is 4.85. The predicted octanol–water partition coefficient (Wildman–Crippen LogP) is 3.61. The molecular weight excluding hydrogens is 346 g/mol. The van der Waals surface area contributed by atoms with Crippen LogP contribution in [0, 0.1) is 19.8 Å². The lowest BCUT2D eigenvalue weighted by Gasteiger charge is -2.36. The molecule has 0 aliphatic carbocycles. The normalized spacial score (nSPS) is 21.7. The molecule has 0 spiro atoms. The van der Waals surface area contributed by atoms with Crippen LogP contribution >= 0.6 is 11.3 Å². The highest BCUT2D eigenvalue weighted by atomic mass is 32.1. The quantitative estimate of drug-likeness (QED) is 0.742. The highest BCUT2D eigenvalue weighted by molar-refractivity contribution is 7.10. The summed E-state index contributed by atoms with van der Waals surface area (Å²) in [6.45, 7) is 6.08. The second-order valence-corrected chi connectivity index (χ2v) is 7.73. The lowest BCUT2D eigenvalue weighted by Crippen LogP contribution is -2.46. The van der Waals surface area contributed by atoms with Gasteiger partial charge in [0.1, 0.15) is 12.4 Å². The molecular formula is C19H21N5OS. The lowest BCUT2D eigenvalue weighted by atomic mass is 9.88. The number of rotatable bonds is 3. The van der Waals surface area contributed by atoms with E-state index in [4.69, 9.17) is 0 Å². The molecule has 0 saturated carbocycles. The summed E-state index contributed by atoms with van der Waals surface area (Å²) in [5.74, 6) is 0.381. The Kier molecular flexibility index (Phi) is 4.24. The van der Waals surface area contributed by atoms with Gasteiger partial charge in [-0.3, -0.25) is 4.79 Å². The molecule has 1 aliphatic heterocycles. The highest BCUT2D eigenvalue weighted by Crippen LogP contribution is 2.38. The van der Waals surface area contributed by atoms with Crippen LogP contribution in [0.15, 0.2) is 42.0 Å². The number of hydrogen-bond acceptors (Lipinski definition) is 5. The monoisotopic (exact) mass is 367 g/mol. The van der Waals surface area contributed by atoms with Gasteiger partial charge in [-0.25, -0.2) is 4.68 Å². The topological polar surface area (TPSA) is 71.8 Å². The largest absolute Gasteiger partial charge is 0.351 e. The van der Waals surface area contributed by atoms with Crippen LogP contribution < -0.4 is 10.6 Å². The fourth-order valence-electron chi connectivity index (χ4n) is 3.57. The Morgan fingerprint density at radius 1 is 1.31 bits per heavy atom. The molecule has 2 aromatic heterocycles. The zero-order valence-corrected chi connectivity index (χ0v) is 15.7. The van der Waals surface area contributed by atoms with Gasteiger partial charge in [-0.1, -0.05) is 23.8 Å². The van der Waals surface area contributed by atoms with Crippen molar-refractivity contribution in [2.45, 2.75) is 32.9 Å². The number of nitrogens with zero attached hydrogens (tertiary/aromatic N) is 3. The van der Waals surface area contributed by atoms with E-state index >= 15 is 0 Å². The molecule has 0 saturated heterocycles. The lowest BCUT2D eigenvalue weighted by molar-refractivity contribution is -0.121. The minimum atomic E-state index is -0.302. The number of thiophene rings is 1. The molecule has 6 nitrogen and oxygen atoms in total. The van der Waals surface area contributed by atoms with Gasteiger partial charge in [0, 0.05) is 16.6 Å². The molecule has 7 heteroatoms. The maximum Gasteiger partial charge on any atom is 0.232 e. The maximum absolute atomic E-state index is 13.2. The van der Waals surface area contributed by atoms with Crippen molar-refractivity contribution in [2.24, 2.45) is 5.92 Å². The Labute approximate surface area is 156 Å². The Bertz CT molecular complexity index is 933. The third kappa shape index (κ3) is 2.88. The Balaban J connectivity index is 1.70. The van der Waals surface area contributed by atoms with Gasteiger partial charge in [0.2, 0.25) is 11.9 Å². The number of carbonyl (C=O) groups excluding carboxylic acids is 1. The smallest absolute Gasteiger partial charge is 0.232 e. The first-order chi connectivity index (χ1) is 12.5. The van der Waals surface area contributed by atoms with Crippen LogP contribution in [0.25, 0.3) is 0 Å². The van der Waals surface area contributed by atoms with E-state index in [0.717, 1.165) is 16.1 Å². The van der Waals surface area contributed by atoms with Crippen molar-refractivity contribution in [3.63, 3.8) is 0 Å². The van der Waals surface area contributed by atoms with Crippen LogP contribution in [-0.2, 0) is 4.79 Å². The van der Waals surface area contributed by atoms with Crippen LogP contribution in [-0.4, -0.2) is 26.7 Å². The molecule has 3 atom stereocenters. The summed E-state index contributed by atoms with van der Waals surface area (Å²) in [4.78, 5) is 18.6. The summed E-state index contributed by atoms with van der Waals surface area (Å²) in [6, 6.07) is 9.87. The standard InChI is InChI=1S/C19H21N5OS/c1-11-6-7-14(12(2)9-11)23-18(25)16-13(3)22-19-20-10-21-24(19)17(16)15-5-4-8-26-15/h4-10,13,16-17H,1-3H3,(H,23,25)(H,20,21,22)/t13-,16+,17-/m1/s1. The maximum atomic E-state index is 13.2. The second-order valence-electron chi connectivity index (χ2n) is 6.75. The summed E-state index contributed by atoms with van der Waals surface area (Å²) in [6.07, 6.45) is 1.53. The van der Waals surface area contributed by atoms with E-state index in [2.05, 4.69) is 32.8 Å². The molecule has 134 valence electrons. The molecule has 0 unspecified atom stereocenters.